The summed E-state index contributed by atoms with van der Waals surface area (Å²) >= 11 is 0. The molecular formula is C13H20N2O2. The fraction of sp³-hybridized carbons (Fsp3) is 0.538. The molecular weight excluding hydrogens is 216 g/mol. The lowest BCUT2D eigenvalue weighted by Gasteiger charge is -2.47. The molecule has 0 aromatic heterocycles. The SMILES string of the molecule is COC1(OC)CN(Cc2ccccc2CN)C1. The highest BCUT2D eigenvalue weighted by Crippen LogP contribution is 2.27. The first-order valence-electron chi connectivity index (χ1n) is 5.82. The molecule has 0 aliphatic carbocycles. The summed E-state index contributed by atoms with van der Waals surface area (Å²) in [6.45, 7) is 3.10. The predicted octanol–water partition coefficient (Wildman–Crippen LogP) is 0.950. The van der Waals surface area contributed by atoms with E-state index in [0.717, 1.165) is 19.6 Å². The molecule has 1 heterocycles. The van der Waals surface area contributed by atoms with Gasteiger partial charge in [0.1, 0.15) is 0 Å². The van der Waals surface area contributed by atoms with Gasteiger partial charge in [-0.2, -0.15) is 0 Å². The summed E-state index contributed by atoms with van der Waals surface area (Å²) in [6, 6.07) is 8.28. The van der Waals surface area contributed by atoms with Crippen LogP contribution in [-0.2, 0) is 22.6 Å². The van der Waals surface area contributed by atoms with E-state index in [1.165, 1.54) is 11.1 Å². The summed E-state index contributed by atoms with van der Waals surface area (Å²) in [5.74, 6) is -0.405. The zero-order valence-electron chi connectivity index (χ0n) is 10.5. The van der Waals surface area contributed by atoms with Gasteiger partial charge in [-0.15, -0.1) is 0 Å². The number of likely N-dealkylation sites (tertiary alicyclic amines) is 1. The van der Waals surface area contributed by atoms with Crippen LogP contribution >= 0.6 is 0 Å². The van der Waals surface area contributed by atoms with Crippen LogP contribution in [0, 0.1) is 0 Å². The molecule has 17 heavy (non-hydrogen) atoms. The fourth-order valence-electron chi connectivity index (χ4n) is 2.24. The first-order chi connectivity index (χ1) is 8.23. The third-order valence-corrected chi connectivity index (χ3v) is 3.41. The van der Waals surface area contributed by atoms with E-state index in [1.807, 2.05) is 12.1 Å². The molecule has 0 bridgehead atoms. The Kier molecular flexibility index (Phi) is 3.79. The fourth-order valence-corrected chi connectivity index (χ4v) is 2.24. The van der Waals surface area contributed by atoms with E-state index in [9.17, 15) is 0 Å². The second-order valence-electron chi connectivity index (χ2n) is 4.44. The molecule has 0 amide bonds. The van der Waals surface area contributed by atoms with E-state index in [2.05, 4.69) is 17.0 Å². The molecule has 1 aromatic carbocycles. The molecule has 1 aliphatic rings. The molecule has 4 heteroatoms. The van der Waals surface area contributed by atoms with Crippen LogP contribution in [-0.4, -0.2) is 38.0 Å². The second-order valence-corrected chi connectivity index (χ2v) is 4.44. The maximum Gasteiger partial charge on any atom is 0.193 e. The van der Waals surface area contributed by atoms with Crippen LogP contribution in [0.3, 0.4) is 0 Å². The summed E-state index contributed by atoms with van der Waals surface area (Å²) < 4.78 is 10.7. The molecule has 4 nitrogen and oxygen atoms in total. The van der Waals surface area contributed by atoms with Crippen molar-refractivity contribution in [3.8, 4) is 0 Å². The maximum absolute atomic E-state index is 5.72. The number of rotatable bonds is 5. The van der Waals surface area contributed by atoms with Crippen LogP contribution < -0.4 is 5.73 Å². The van der Waals surface area contributed by atoms with Gasteiger partial charge in [0, 0.05) is 27.3 Å². The molecule has 0 radical (unpaired) electrons. The zero-order chi connectivity index (χ0) is 12.3. The summed E-state index contributed by atoms with van der Waals surface area (Å²) in [5, 5.41) is 0. The van der Waals surface area contributed by atoms with Crippen LogP contribution in [0.1, 0.15) is 11.1 Å². The van der Waals surface area contributed by atoms with Gasteiger partial charge in [0.2, 0.25) is 0 Å². The van der Waals surface area contributed by atoms with Crippen molar-refractivity contribution in [3.63, 3.8) is 0 Å². The molecule has 1 aliphatic heterocycles. The van der Waals surface area contributed by atoms with Gasteiger partial charge < -0.3 is 15.2 Å². The first kappa shape index (κ1) is 12.5. The van der Waals surface area contributed by atoms with Gasteiger partial charge in [0.05, 0.1) is 13.1 Å². The third kappa shape index (κ3) is 2.50. The van der Waals surface area contributed by atoms with Gasteiger partial charge in [-0.05, 0) is 11.1 Å². The minimum absolute atomic E-state index is 0.405. The molecule has 1 saturated heterocycles. The van der Waals surface area contributed by atoms with E-state index in [4.69, 9.17) is 15.2 Å². The average molecular weight is 236 g/mol. The number of nitrogens with zero attached hydrogens (tertiary/aromatic N) is 1. The van der Waals surface area contributed by atoms with E-state index < -0.39 is 5.79 Å². The number of benzene rings is 1. The smallest absolute Gasteiger partial charge is 0.193 e. The quantitative estimate of drug-likeness (QED) is 0.773. The van der Waals surface area contributed by atoms with Crippen molar-refractivity contribution in [1.82, 2.24) is 4.90 Å². The minimum atomic E-state index is -0.405. The lowest BCUT2D eigenvalue weighted by Crippen LogP contribution is -2.63. The van der Waals surface area contributed by atoms with Crippen LogP contribution in [0.2, 0.25) is 0 Å². The van der Waals surface area contributed by atoms with E-state index >= 15 is 0 Å². The first-order valence-corrected chi connectivity index (χ1v) is 5.82. The van der Waals surface area contributed by atoms with Crippen molar-refractivity contribution in [2.24, 2.45) is 5.73 Å². The summed E-state index contributed by atoms with van der Waals surface area (Å²) in [7, 11) is 3.38. The monoisotopic (exact) mass is 236 g/mol. The lowest BCUT2D eigenvalue weighted by molar-refractivity contribution is -0.277. The number of nitrogens with two attached hydrogens (primary N) is 1. The van der Waals surface area contributed by atoms with Crippen LogP contribution in [0.15, 0.2) is 24.3 Å². The normalized spacial score (nSPS) is 19.0. The number of hydrogen-bond donors (Lipinski definition) is 1. The Morgan fingerprint density at radius 3 is 2.29 bits per heavy atom. The Labute approximate surface area is 102 Å². The molecule has 1 fully saturated rings. The number of methoxy groups -OCH3 is 2. The lowest BCUT2D eigenvalue weighted by atomic mass is 10.0. The van der Waals surface area contributed by atoms with Gasteiger partial charge in [0.25, 0.3) is 0 Å². The van der Waals surface area contributed by atoms with Crippen LogP contribution in [0.25, 0.3) is 0 Å². The molecule has 2 rings (SSSR count). The van der Waals surface area contributed by atoms with E-state index in [1.54, 1.807) is 14.2 Å². The summed E-state index contributed by atoms with van der Waals surface area (Å²) in [5.41, 5.74) is 8.22. The van der Waals surface area contributed by atoms with Crippen molar-refractivity contribution < 1.29 is 9.47 Å². The Bertz CT molecular complexity index is 369. The van der Waals surface area contributed by atoms with Gasteiger partial charge >= 0.3 is 0 Å². The van der Waals surface area contributed by atoms with Crippen molar-refractivity contribution in [2.45, 2.75) is 18.9 Å². The summed E-state index contributed by atoms with van der Waals surface area (Å²) in [4.78, 5) is 2.29. The third-order valence-electron chi connectivity index (χ3n) is 3.41. The highest BCUT2D eigenvalue weighted by molar-refractivity contribution is 5.27. The zero-order valence-corrected chi connectivity index (χ0v) is 10.5. The van der Waals surface area contributed by atoms with Crippen LogP contribution in [0.5, 0.6) is 0 Å². The molecule has 0 unspecified atom stereocenters. The topological polar surface area (TPSA) is 47.7 Å². The van der Waals surface area contributed by atoms with Crippen molar-refractivity contribution in [3.05, 3.63) is 35.4 Å². The molecule has 94 valence electrons. The predicted molar refractivity (Wildman–Crippen MR) is 66.4 cm³/mol. The standard InChI is InChI=1S/C13H20N2O2/c1-16-13(17-2)9-15(10-13)8-12-6-4-3-5-11(12)7-14/h3-6H,7-10,14H2,1-2H3. The Balaban J connectivity index is 1.96. The van der Waals surface area contributed by atoms with Crippen molar-refractivity contribution >= 4 is 0 Å². The molecule has 1 aromatic rings. The molecule has 2 N–H and O–H groups in total. The largest absolute Gasteiger partial charge is 0.351 e. The number of hydrogen-bond acceptors (Lipinski definition) is 4. The number of ether oxygens (including phenoxy) is 2. The van der Waals surface area contributed by atoms with Gasteiger partial charge in [-0.1, -0.05) is 24.3 Å². The van der Waals surface area contributed by atoms with Gasteiger partial charge in [-0.3, -0.25) is 4.90 Å². The van der Waals surface area contributed by atoms with E-state index in [0.29, 0.717) is 6.54 Å². The van der Waals surface area contributed by atoms with Crippen molar-refractivity contribution in [2.75, 3.05) is 27.3 Å². The summed E-state index contributed by atoms with van der Waals surface area (Å²) in [6.07, 6.45) is 0. The maximum atomic E-state index is 5.72. The molecule has 0 atom stereocenters. The van der Waals surface area contributed by atoms with Gasteiger partial charge in [0.15, 0.2) is 5.79 Å². The Morgan fingerprint density at radius 1 is 1.18 bits per heavy atom. The highest BCUT2D eigenvalue weighted by atomic mass is 16.7. The van der Waals surface area contributed by atoms with Gasteiger partial charge in [-0.25, -0.2) is 0 Å². The highest BCUT2D eigenvalue weighted by Gasteiger charge is 2.43. The Hall–Kier alpha value is -0.940. The second kappa shape index (κ2) is 5.14. The average Bonchev–Trinajstić information content (AvgIpc) is 2.34. The Morgan fingerprint density at radius 2 is 1.76 bits per heavy atom. The van der Waals surface area contributed by atoms with Crippen molar-refractivity contribution in [1.29, 1.82) is 0 Å². The van der Waals surface area contributed by atoms with E-state index in [-0.39, 0.29) is 0 Å². The molecule has 0 saturated carbocycles. The van der Waals surface area contributed by atoms with Crippen LogP contribution in [0.4, 0.5) is 0 Å². The molecule has 0 spiro atoms. The minimum Gasteiger partial charge on any atom is -0.351 e.